The van der Waals surface area contributed by atoms with Gasteiger partial charge in [-0.15, -0.1) is 0 Å². The van der Waals surface area contributed by atoms with Gasteiger partial charge in [-0.25, -0.2) is 4.79 Å². The molecule has 2 amide bonds. The van der Waals surface area contributed by atoms with Crippen LogP contribution in [0, 0.1) is 0 Å². The number of carbonyl (C=O) groups is 1. The number of urea groups is 1. The van der Waals surface area contributed by atoms with Gasteiger partial charge in [0.25, 0.3) is 0 Å². The van der Waals surface area contributed by atoms with Crippen LogP contribution in [0.2, 0.25) is 0 Å². The smallest absolute Gasteiger partial charge is 0.319 e. The molecule has 0 N–H and O–H groups in total. The molecular weight excluding hydrogens is 192 g/mol. The van der Waals surface area contributed by atoms with E-state index in [1.807, 2.05) is 19.0 Å². The molecule has 0 aromatic rings. The third kappa shape index (κ3) is 3.38. The number of rotatable bonds is 5. The zero-order chi connectivity index (χ0) is 11.3. The van der Waals surface area contributed by atoms with Gasteiger partial charge >= 0.3 is 6.03 Å². The zero-order valence-corrected chi connectivity index (χ0v) is 10.0. The molecule has 1 aliphatic rings. The summed E-state index contributed by atoms with van der Waals surface area (Å²) in [7, 11) is 5.44. The van der Waals surface area contributed by atoms with Crippen LogP contribution in [0.1, 0.15) is 25.7 Å². The summed E-state index contributed by atoms with van der Waals surface area (Å²) >= 11 is 0. The van der Waals surface area contributed by atoms with E-state index in [0.29, 0.717) is 12.6 Å². The Morgan fingerprint density at radius 2 is 2.07 bits per heavy atom. The molecule has 0 heterocycles. The predicted molar refractivity (Wildman–Crippen MR) is 59.9 cm³/mol. The number of nitrogens with zero attached hydrogens (tertiary/aromatic N) is 2. The number of amides is 2. The molecule has 4 heteroatoms. The molecule has 0 bridgehead atoms. The Bertz CT molecular complexity index is 205. The Morgan fingerprint density at radius 3 is 2.53 bits per heavy atom. The molecule has 0 aromatic carbocycles. The first-order valence-electron chi connectivity index (χ1n) is 5.63. The largest absolute Gasteiger partial charge is 0.385 e. The molecule has 0 aromatic heterocycles. The molecule has 15 heavy (non-hydrogen) atoms. The van der Waals surface area contributed by atoms with Crippen molar-refractivity contribution in [2.75, 3.05) is 34.4 Å². The summed E-state index contributed by atoms with van der Waals surface area (Å²) in [4.78, 5) is 15.5. The van der Waals surface area contributed by atoms with Gasteiger partial charge in [-0.05, 0) is 25.7 Å². The van der Waals surface area contributed by atoms with Crippen molar-refractivity contribution in [3.8, 4) is 0 Å². The van der Waals surface area contributed by atoms with E-state index in [-0.39, 0.29) is 6.03 Å². The molecule has 0 atom stereocenters. The summed E-state index contributed by atoms with van der Waals surface area (Å²) in [6, 6.07) is 0.609. The second-order valence-corrected chi connectivity index (χ2v) is 4.25. The van der Waals surface area contributed by atoms with E-state index < -0.39 is 0 Å². The van der Waals surface area contributed by atoms with Crippen LogP contribution >= 0.6 is 0 Å². The van der Waals surface area contributed by atoms with Crippen LogP contribution < -0.4 is 0 Å². The molecule has 1 fully saturated rings. The highest BCUT2D eigenvalue weighted by molar-refractivity contribution is 5.74. The molecule has 4 nitrogen and oxygen atoms in total. The summed E-state index contributed by atoms with van der Waals surface area (Å²) in [6.07, 6.45) is 4.48. The van der Waals surface area contributed by atoms with E-state index in [1.54, 1.807) is 12.0 Å². The van der Waals surface area contributed by atoms with Gasteiger partial charge in [0.2, 0.25) is 0 Å². The Balaban J connectivity index is 2.24. The van der Waals surface area contributed by atoms with Gasteiger partial charge in [0.15, 0.2) is 0 Å². The maximum atomic E-state index is 11.9. The van der Waals surface area contributed by atoms with Crippen molar-refractivity contribution in [1.82, 2.24) is 9.80 Å². The van der Waals surface area contributed by atoms with Crippen molar-refractivity contribution in [1.29, 1.82) is 0 Å². The van der Waals surface area contributed by atoms with Crippen molar-refractivity contribution < 1.29 is 9.53 Å². The van der Waals surface area contributed by atoms with Crippen molar-refractivity contribution in [2.45, 2.75) is 31.7 Å². The van der Waals surface area contributed by atoms with Crippen LogP contribution in [0.25, 0.3) is 0 Å². The quantitative estimate of drug-likeness (QED) is 0.651. The van der Waals surface area contributed by atoms with E-state index in [9.17, 15) is 4.79 Å². The first-order chi connectivity index (χ1) is 7.16. The molecule has 0 unspecified atom stereocenters. The Morgan fingerprint density at radius 1 is 1.40 bits per heavy atom. The summed E-state index contributed by atoms with van der Waals surface area (Å²) in [5, 5.41) is 0. The van der Waals surface area contributed by atoms with Gasteiger partial charge in [-0.2, -0.15) is 0 Å². The summed E-state index contributed by atoms with van der Waals surface area (Å²) in [5.41, 5.74) is 0. The lowest BCUT2D eigenvalue weighted by Crippen LogP contribution is -2.47. The third-order valence-electron chi connectivity index (χ3n) is 3.09. The number of hydrogen-bond donors (Lipinski definition) is 0. The minimum Gasteiger partial charge on any atom is -0.385 e. The number of methoxy groups -OCH3 is 1. The zero-order valence-electron chi connectivity index (χ0n) is 10.0. The lowest BCUT2D eigenvalue weighted by Gasteiger charge is -2.37. The van der Waals surface area contributed by atoms with Gasteiger partial charge in [-0.3, -0.25) is 0 Å². The van der Waals surface area contributed by atoms with Crippen molar-refractivity contribution in [2.24, 2.45) is 0 Å². The topological polar surface area (TPSA) is 32.8 Å². The molecule has 0 aliphatic heterocycles. The second kappa shape index (κ2) is 5.95. The maximum Gasteiger partial charge on any atom is 0.319 e. The average molecular weight is 214 g/mol. The monoisotopic (exact) mass is 214 g/mol. The summed E-state index contributed by atoms with van der Waals surface area (Å²) < 4.78 is 4.96. The highest BCUT2D eigenvalue weighted by Crippen LogP contribution is 2.24. The fourth-order valence-corrected chi connectivity index (χ4v) is 1.74. The molecule has 0 saturated heterocycles. The fourth-order valence-electron chi connectivity index (χ4n) is 1.74. The lowest BCUT2D eigenvalue weighted by molar-refractivity contribution is 0.124. The van der Waals surface area contributed by atoms with E-state index in [4.69, 9.17) is 4.74 Å². The van der Waals surface area contributed by atoms with Crippen LogP contribution in [0.4, 0.5) is 4.79 Å². The Labute approximate surface area is 92.2 Å². The van der Waals surface area contributed by atoms with E-state index >= 15 is 0 Å². The molecule has 88 valence electrons. The predicted octanol–water partition coefficient (Wildman–Crippen LogP) is 1.56. The summed E-state index contributed by atoms with van der Waals surface area (Å²) in [5.74, 6) is 0. The molecular formula is C11H22N2O2. The summed E-state index contributed by atoms with van der Waals surface area (Å²) in [6.45, 7) is 1.48. The molecule has 0 radical (unpaired) electrons. The third-order valence-corrected chi connectivity index (χ3v) is 3.09. The van der Waals surface area contributed by atoms with Gasteiger partial charge in [0, 0.05) is 40.4 Å². The van der Waals surface area contributed by atoms with Crippen molar-refractivity contribution in [3.63, 3.8) is 0 Å². The van der Waals surface area contributed by atoms with Gasteiger partial charge in [0.1, 0.15) is 0 Å². The van der Waals surface area contributed by atoms with E-state index in [0.717, 1.165) is 25.8 Å². The Kier molecular flexibility index (Phi) is 4.88. The number of hydrogen-bond acceptors (Lipinski definition) is 2. The highest BCUT2D eigenvalue weighted by atomic mass is 16.5. The standard InChI is InChI=1S/C11H22N2O2/c1-12(8-5-9-15-3)11(14)13(2)10-6-4-7-10/h10H,4-9H2,1-3H3. The first kappa shape index (κ1) is 12.3. The maximum absolute atomic E-state index is 11.9. The van der Waals surface area contributed by atoms with Crippen LogP contribution in [-0.4, -0.2) is 56.2 Å². The van der Waals surface area contributed by atoms with Crippen LogP contribution in [0.5, 0.6) is 0 Å². The fraction of sp³-hybridized carbons (Fsp3) is 0.909. The molecule has 1 rings (SSSR count). The van der Waals surface area contributed by atoms with Crippen LogP contribution in [0.15, 0.2) is 0 Å². The van der Waals surface area contributed by atoms with Gasteiger partial charge in [0.05, 0.1) is 0 Å². The van der Waals surface area contributed by atoms with E-state index in [1.165, 1.54) is 6.42 Å². The van der Waals surface area contributed by atoms with Gasteiger partial charge < -0.3 is 14.5 Å². The molecule has 1 aliphatic carbocycles. The van der Waals surface area contributed by atoms with Crippen LogP contribution in [-0.2, 0) is 4.74 Å². The SMILES string of the molecule is COCCCN(C)C(=O)N(C)C1CCC1. The minimum absolute atomic E-state index is 0.135. The average Bonchev–Trinajstić information content (AvgIpc) is 2.14. The normalized spacial score (nSPS) is 15.9. The number of carbonyl (C=O) groups excluding carboxylic acids is 1. The second-order valence-electron chi connectivity index (χ2n) is 4.25. The van der Waals surface area contributed by atoms with Gasteiger partial charge in [-0.1, -0.05) is 0 Å². The Hall–Kier alpha value is -0.770. The number of ether oxygens (including phenoxy) is 1. The van der Waals surface area contributed by atoms with Crippen molar-refractivity contribution in [3.05, 3.63) is 0 Å². The highest BCUT2D eigenvalue weighted by Gasteiger charge is 2.27. The molecule has 0 spiro atoms. The van der Waals surface area contributed by atoms with Crippen molar-refractivity contribution >= 4 is 6.03 Å². The molecule has 1 saturated carbocycles. The van der Waals surface area contributed by atoms with E-state index in [2.05, 4.69) is 0 Å². The minimum atomic E-state index is 0.135. The lowest BCUT2D eigenvalue weighted by atomic mass is 9.92. The van der Waals surface area contributed by atoms with Crippen LogP contribution in [0.3, 0.4) is 0 Å². The first-order valence-corrected chi connectivity index (χ1v) is 5.63.